The molecule has 2 aromatic carbocycles. The van der Waals surface area contributed by atoms with E-state index in [2.05, 4.69) is 37.8 Å². The molecule has 1 amide bonds. The van der Waals surface area contributed by atoms with E-state index in [9.17, 15) is 4.79 Å². The van der Waals surface area contributed by atoms with E-state index in [-0.39, 0.29) is 12.5 Å². The van der Waals surface area contributed by atoms with E-state index in [0.29, 0.717) is 27.5 Å². The molecule has 0 unspecified atom stereocenters. The first-order valence-corrected chi connectivity index (χ1v) is 11.9. The maximum Gasteiger partial charge on any atom is 0.266 e. The summed E-state index contributed by atoms with van der Waals surface area (Å²) >= 11 is 13.7. The maximum absolute atomic E-state index is 13.2. The van der Waals surface area contributed by atoms with Crippen LogP contribution in [-0.2, 0) is 4.79 Å². The Morgan fingerprint density at radius 3 is 2.52 bits per heavy atom. The molecule has 3 rings (SSSR count). The molecule has 3 aromatic rings. The summed E-state index contributed by atoms with van der Waals surface area (Å²) in [7, 11) is 0. The molecule has 0 fully saturated rings. The third-order valence-electron chi connectivity index (χ3n) is 5.13. The van der Waals surface area contributed by atoms with Crippen LogP contribution in [0.2, 0.25) is 10.0 Å². The number of halogens is 2. The smallest absolute Gasteiger partial charge is 0.266 e. The van der Waals surface area contributed by atoms with E-state index in [1.165, 1.54) is 16.9 Å². The summed E-state index contributed by atoms with van der Waals surface area (Å²) < 4.78 is 6.79. The molecule has 0 aliphatic carbocycles. The topological polar surface area (TPSA) is 45.7 Å². The molecule has 5 nitrogen and oxygen atoms in total. The second-order valence-electron chi connectivity index (χ2n) is 7.36. The minimum atomic E-state index is -0.161. The Morgan fingerprint density at radius 2 is 1.84 bits per heavy atom. The van der Waals surface area contributed by atoms with Gasteiger partial charge in [-0.25, -0.2) is 4.98 Å². The van der Waals surface area contributed by atoms with Gasteiger partial charge in [0.05, 0.1) is 15.2 Å². The van der Waals surface area contributed by atoms with Gasteiger partial charge in [-0.3, -0.25) is 9.69 Å². The maximum atomic E-state index is 13.2. The molecule has 0 saturated heterocycles. The Balaban J connectivity index is 1.84. The molecule has 0 atom stereocenters. The van der Waals surface area contributed by atoms with Gasteiger partial charge in [-0.2, -0.15) is 0 Å². The van der Waals surface area contributed by atoms with Crippen molar-refractivity contribution in [1.29, 1.82) is 0 Å². The molecule has 0 saturated carbocycles. The highest BCUT2D eigenvalue weighted by Gasteiger charge is 2.22. The first-order chi connectivity index (χ1) is 14.8. The third-order valence-corrected chi connectivity index (χ3v) is 6.69. The zero-order valence-corrected chi connectivity index (χ0v) is 20.6. The molecule has 0 spiro atoms. The van der Waals surface area contributed by atoms with E-state index < -0.39 is 0 Å². The minimum absolute atomic E-state index is 0.131. The Kier molecular flexibility index (Phi) is 8.17. The van der Waals surface area contributed by atoms with Crippen LogP contribution < -0.4 is 9.64 Å². The molecule has 1 heterocycles. The normalized spacial score (nSPS) is 11.3. The Hall–Kier alpha value is -1.86. The number of rotatable bonds is 9. The highest BCUT2D eigenvalue weighted by atomic mass is 35.5. The number of likely N-dealkylation sites (N-methyl/N-ethyl adjacent to an activating group) is 1. The van der Waals surface area contributed by atoms with Crippen LogP contribution in [0.4, 0.5) is 5.13 Å². The van der Waals surface area contributed by atoms with Crippen LogP contribution in [0.5, 0.6) is 5.75 Å². The van der Waals surface area contributed by atoms with E-state index in [1.54, 1.807) is 23.1 Å². The number of aryl methyl sites for hydroxylation is 2. The summed E-state index contributed by atoms with van der Waals surface area (Å²) in [5.41, 5.74) is 3.23. The van der Waals surface area contributed by atoms with Gasteiger partial charge in [0.2, 0.25) is 0 Å². The molecule has 0 N–H and O–H groups in total. The van der Waals surface area contributed by atoms with Crippen molar-refractivity contribution in [1.82, 2.24) is 9.88 Å². The average molecular weight is 480 g/mol. The van der Waals surface area contributed by atoms with Gasteiger partial charge in [0.1, 0.15) is 5.75 Å². The van der Waals surface area contributed by atoms with Gasteiger partial charge < -0.3 is 9.64 Å². The monoisotopic (exact) mass is 479 g/mol. The van der Waals surface area contributed by atoms with E-state index in [1.807, 2.05) is 6.92 Å². The molecule has 0 aliphatic heterocycles. The molecule has 1 aromatic heterocycles. The SMILES string of the molecule is CCN(CC)CCN(C(=O)COc1ccc(Cl)cc1Cl)c1nc2c(C)cc(C)cc2s1. The first kappa shape index (κ1) is 23.8. The lowest BCUT2D eigenvalue weighted by Gasteiger charge is -2.24. The second-order valence-corrected chi connectivity index (χ2v) is 9.21. The summed E-state index contributed by atoms with van der Waals surface area (Å²) in [5, 5.41) is 1.58. The van der Waals surface area contributed by atoms with E-state index in [4.69, 9.17) is 32.9 Å². The molecular weight excluding hydrogens is 453 g/mol. The lowest BCUT2D eigenvalue weighted by atomic mass is 10.1. The fourth-order valence-electron chi connectivity index (χ4n) is 3.39. The number of carbonyl (C=O) groups is 1. The van der Waals surface area contributed by atoms with Crippen molar-refractivity contribution in [2.45, 2.75) is 27.7 Å². The lowest BCUT2D eigenvalue weighted by Crippen LogP contribution is -2.41. The zero-order valence-electron chi connectivity index (χ0n) is 18.2. The van der Waals surface area contributed by atoms with E-state index in [0.717, 1.165) is 35.4 Å². The van der Waals surface area contributed by atoms with Crippen molar-refractivity contribution >= 4 is 55.8 Å². The van der Waals surface area contributed by atoms with Gasteiger partial charge in [0.25, 0.3) is 5.91 Å². The standard InChI is InChI=1S/C23H27Cl2N3O2S/c1-5-27(6-2)9-10-28(21(29)14-30-19-8-7-17(24)13-18(19)25)23-26-22-16(4)11-15(3)12-20(22)31-23/h7-8,11-13H,5-6,9-10,14H2,1-4H3. The number of carbonyl (C=O) groups excluding carboxylic acids is 1. The fourth-order valence-corrected chi connectivity index (χ4v) is 5.04. The number of benzene rings is 2. The predicted octanol–water partition coefficient (Wildman–Crippen LogP) is 5.97. The van der Waals surface area contributed by atoms with Crippen molar-refractivity contribution in [3.8, 4) is 5.75 Å². The van der Waals surface area contributed by atoms with Crippen LogP contribution in [0.1, 0.15) is 25.0 Å². The minimum Gasteiger partial charge on any atom is -0.482 e. The third kappa shape index (κ3) is 5.89. The van der Waals surface area contributed by atoms with Crippen molar-refractivity contribution in [2.24, 2.45) is 0 Å². The number of ether oxygens (including phenoxy) is 1. The second kappa shape index (κ2) is 10.6. The molecule has 0 radical (unpaired) electrons. The van der Waals surface area contributed by atoms with E-state index >= 15 is 0 Å². The lowest BCUT2D eigenvalue weighted by molar-refractivity contribution is -0.120. The number of anilines is 1. The van der Waals surface area contributed by atoms with Gasteiger partial charge in [0, 0.05) is 18.1 Å². The van der Waals surface area contributed by atoms with Gasteiger partial charge in [-0.05, 0) is 62.3 Å². The summed E-state index contributed by atoms with van der Waals surface area (Å²) in [6, 6.07) is 9.17. The highest BCUT2D eigenvalue weighted by Crippen LogP contribution is 2.32. The summed E-state index contributed by atoms with van der Waals surface area (Å²) in [4.78, 5) is 22.0. The first-order valence-electron chi connectivity index (χ1n) is 10.3. The zero-order chi connectivity index (χ0) is 22.5. The Labute approximate surface area is 197 Å². The molecule has 8 heteroatoms. The highest BCUT2D eigenvalue weighted by molar-refractivity contribution is 7.22. The number of hydrogen-bond donors (Lipinski definition) is 0. The molecule has 166 valence electrons. The van der Waals surface area contributed by atoms with Gasteiger partial charge in [0.15, 0.2) is 11.7 Å². The number of thiazole rings is 1. The van der Waals surface area contributed by atoms with Crippen LogP contribution >= 0.6 is 34.5 Å². The fraction of sp³-hybridized carbons (Fsp3) is 0.391. The number of amides is 1. The largest absolute Gasteiger partial charge is 0.482 e. The predicted molar refractivity (Wildman–Crippen MR) is 131 cm³/mol. The Bertz CT molecular complexity index is 1070. The number of hydrogen-bond acceptors (Lipinski definition) is 5. The van der Waals surface area contributed by atoms with Crippen LogP contribution in [-0.4, -0.2) is 48.6 Å². The van der Waals surface area contributed by atoms with Crippen molar-refractivity contribution in [3.05, 3.63) is 51.5 Å². The van der Waals surface area contributed by atoms with Crippen molar-refractivity contribution in [3.63, 3.8) is 0 Å². The number of nitrogens with zero attached hydrogens (tertiary/aromatic N) is 3. The average Bonchev–Trinajstić information content (AvgIpc) is 3.14. The van der Waals surface area contributed by atoms with Crippen LogP contribution in [0, 0.1) is 13.8 Å². The van der Waals surface area contributed by atoms with Gasteiger partial charge in [-0.15, -0.1) is 0 Å². The quantitative estimate of drug-likeness (QED) is 0.378. The summed E-state index contributed by atoms with van der Waals surface area (Å²) in [5.74, 6) is 0.269. The van der Waals surface area contributed by atoms with Gasteiger partial charge in [-0.1, -0.05) is 54.5 Å². The van der Waals surface area contributed by atoms with Gasteiger partial charge >= 0.3 is 0 Å². The van der Waals surface area contributed by atoms with Crippen molar-refractivity contribution < 1.29 is 9.53 Å². The molecule has 0 aliphatic rings. The summed E-state index contributed by atoms with van der Waals surface area (Å²) in [6.07, 6.45) is 0. The van der Waals surface area contributed by atoms with Crippen LogP contribution in [0.3, 0.4) is 0 Å². The van der Waals surface area contributed by atoms with Crippen molar-refractivity contribution in [2.75, 3.05) is 37.7 Å². The molecule has 31 heavy (non-hydrogen) atoms. The number of aromatic nitrogens is 1. The Morgan fingerprint density at radius 1 is 1.10 bits per heavy atom. The van der Waals surface area contributed by atoms with Crippen LogP contribution in [0.15, 0.2) is 30.3 Å². The number of fused-ring (bicyclic) bond motifs is 1. The molecular formula is C23H27Cl2N3O2S. The summed E-state index contributed by atoms with van der Waals surface area (Å²) in [6.45, 7) is 11.4. The molecule has 0 bridgehead atoms. The van der Waals surface area contributed by atoms with Crippen LogP contribution in [0.25, 0.3) is 10.2 Å².